The van der Waals surface area contributed by atoms with Crippen LogP contribution in [0.2, 0.25) is 0 Å². The smallest absolute Gasteiger partial charge is 0.280 e. The molecule has 30 heavy (non-hydrogen) atoms. The Labute approximate surface area is 173 Å². The third kappa shape index (κ3) is 3.79. The van der Waals surface area contributed by atoms with E-state index in [0.29, 0.717) is 48.7 Å². The lowest BCUT2D eigenvalue weighted by molar-refractivity contribution is -0.400. The van der Waals surface area contributed by atoms with Crippen LogP contribution in [-0.2, 0) is 4.79 Å². The highest BCUT2D eigenvalue weighted by Crippen LogP contribution is 2.31. The SMILES string of the molecule is C[C@H]([NH3+])C(=O)N1CCN(c2nc(-c3ccccc3)c3cc([N+](=O)[O-])ccc3n2)CC1. The number of non-ortho nitro benzene ring substituents is 1. The molecule has 1 fully saturated rings. The van der Waals surface area contributed by atoms with Crippen molar-refractivity contribution < 1.29 is 15.5 Å². The molecule has 0 bridgehead atoms. The lowest BCUT2D eigenvalue weighted by atomic mass is 10.1. The van der Waals surface area contributed by atoms with Crippen LogP contribution in [0.5, 0.6) is 0 Å². The Balaban J connectivity index is 1.73. The predicted octanol–water partition coefficient (Wildman–Crippen LogP) is 1.48. The van der Waals surface area contributed by atoms with Gasteiger partial charge in [-0.2, -0.15) is 0 Å². The van der Waals surface area contributed by atoms with Crippen molar-refractivity contribution in [3.63, 3.8) is 0 Å². The number of anilines is 1. The van der Waals surface area contributed by atoms with Crippen molar-refractivity contribution >= 4 is 28.4 Å². The molecule has 2 heterocycles. The zero-order valence-corrected chi connectivity index (χ0v) is 16.7. The molecule has 9 heteroatoms. The van der Waals surface area contributed by atoms with Gasteiger partial charge < -0.3 is 15.5 Å². The van der Waals surface area contributed by atoms with Crippen molar-refractivity contribution in [1.29, 1.82) is 0 Å². The van der Waals surface area contributed by atoms with E-state index in [1.54, 1.807) is 13.0 Å². The second-order valence-corrected chi connectivity index (χ2v) is 7.41. The number of nitro benzene ring substituents is 1. The van der Waals surface area contributed by atoms with Crippen LogP contribution in [0.25, 0.3) is 22.2 Å². The lowest BCUT2D eigenvalue weighted by Gasteiger charge is -2.35. The van der Waals surface area contributed by atoms with Gasteiger partial charge in [-0.15, -0.1) is 0 Å². The van der Waals surface area contributed by atoms with Crippen LogP contribution in [0, 0.1) is 10.1 Å². The molecule has 0 aliphatic carbocycles. The number of rotatable bonds is 4. The molecule has 3 N–H and O–H groups in total. The Bertz CT molecular complexity index is 1090. The number of nitro groups is 1. The molecule has 154 valence electrons. The fourth-order valence-corrected chi connectivity index (χ4v) is 3.61. The number of quaternary nitrogens is 1. The Morgan fingerprint density at radius 3 is 2.43 bits per heavy atom. The number of amides is 1. The third-order valence-corrected chi connectivity index (χ3v) is 5.22. The van der Waals surface area contributed by atoms with Gasteiger partial charge in [-0.3, -0.25) is 14.9 Å². The zero-order valence-electron chi connectivity index (χ0n) is 16.7. The summed E-state index contributed by atoms with van der Waals surface area (Å²) in [5, 5.41) is 11.9. The van der Waals surface area contributed by atoms with Crippen molar-refractivity contribution in [2.24, 2.45) is 0 Å². The molecule has 3 aromatic rings. The van der Waals surface area contributed by atoms with Gasteiger partial charge in [0.05, 0.1) is 16.1 Å². The number of benzene rings is 2. The van der Waals surface area contributed by atoms with Crippen LogP contribution < -0.4 is 10.6 Å². The van der Waals surface area contributed by atoms with Crippen molar-refractivity contribution in [1.82, 2.24) is 14.9 Å². The average molecular weight is 407 g/mol. The van der Waals surface area contributed by atoms with Gasteiger partial charge in [-0.1, -0.05) is 30.3 Å². The van der Waals surface area contributed by atoms with Gasteiger partial charge in [0.1, 0.15) is 0 Å². The minimum absolute atomic E-state index is 0.00505. The van der Waals surface area contributed by atoms with E-state index in [1.807, 2.05) is 40.1 Å². The minimum Gasteiger partial charge on any atom is -0.348 e. The topological polar surface area (TPSA) is 120 Å². The Kier molecular flexibility index (Phi) is 5.28. The molecule has 1 aliphatic rings. The molecule has 1 amide bonds. The number of nitrogens with zero attached hydrogens (tertiary/aromatic N) is 5. The van der Waals surface area contributed by atoms with Crippen molar-refractivity contribution in [2.45, 2.75) is 13.0 Å². The second kappa shape index (κ2) is 8.03. The molecular formula is C21H23N6O3+. The molecule has 9 nitrogen and oxygen atoms in total. The molecule has 2 aromatic carbocycles. The maximum Gasteiger partial charge on any atom is 0.280 e. The maximum atomic E-state index is 12.2. The molecule has 0 unspecified atom stereocenters. The van der Waals surface area contributed by atoms with Gasteiger partial charge in [0, 0.05) is 49.3 Å². The van der Waals surface area contributed by atoms with E-state index in [0.717, 1.165) is 5.56 Å². The number of piperazine rings is 1. The van der Waals surface area contributed by atoms with Gasteiger partial charge in [0.25, 0.3) is 11.6 Å². The second-order valence-electron chi connectivity index (χ2n) is 7.41. The molecule has 1 aliphatic heterocycles. The fourth-order valence-electron chi connectivity index (χ4n) is 3.61. The summed E-state index contributed by atoms with van der Waals surface area (Å²) in [6, 6.07) is 14.0. The normalized spacial score (nSPS) is 15.3. The predicted molar refractivity (Wildman–Crippen MR) is 113 cm³/mol. The zero-order chi connectivity index (χ0) is 21.3. The van der Waals surface area contributed by atoms with E-state index in [1.165, 1.54) is 12.1 Å². The third-order valence-electron chi connectivity index (χ3n) is 5.22. The monoisotopic (exact) mass is 407 g/mol. The lowest BCUT2D eigenvalue weighted by Crippen LogP contribution is -2.67. The summed E-state index contributed by atoms with van der Waals surface area (Å²) in [6.07, 6.45) is 0. The maximum absolute atomic E-state index is 12.2. The first-order valence-electron chi connectivity index (χ1n) is 9.82. The first-order valence-corrected chi connectivity index (χ1v) is 9.82. The van der Waals surface area contributed by atoms with Crippen molar-refractivity contribution in [2.75, 3.05) is 31.1 Å². The van der Waals surface area contributed by atoms with Crippen molar-refractivity contribution in [3.8, 4) is 11.3 Å². The first kappa shape index (κ1) is 19.7. The standard InChI is InChI=1S/C21H22N6O3/c1-14(22)20(28)25-9-11-26(12-10-25)21-23-18-8-7-16(27(29)30)13-17(18)19(24-21)15-5-3-2-4-6-15/h2-8,13-14H,9-12,22H2,1H3/p+1/t14-/m0/s1. The van der Waals surface area contributed by atoms with E-state index in [2.05, 4.69) is 10.7 Å². The molecule has 0 spiro atoms. The van der Waals surface area contributed by atoms with Gasteiger partial charge in [-0.25, -0.2) is 9.97 Å². The Hall–Kier alpha value is -3.59. The highest BCUT2D eigenvalue weighted by molar-refractivity contribution is 5.94. The summed E-state index contributed by atoms with van der Waals surface area (Å²) in [5.41, 5.74) is 5.99. The Morgan fingerprint density at radius 1 is 1.10 bits per heavy atom. The Morgan fingerprint density at radius 2 is 1.80 bits per heavy atom. The number of aromatic nitrogens is 2. The van der Waals surface area contributed by atoms with Crippen LogP contribution in [0.15, 0.2) is 48.5 Å². The van der Waals surface area contributed by atoms with Crippen LogP contribution in [0.4, 0.5) is 11.6 Å². The van der Waals surface area contributed by atoms with Gasteiger partial charge in [0.2, 0.25) is 5.95 Å². The quantitative estimate of drug-likeness (QED) is 0.517. The van der Waals surface area contributed by atoms with E-state index >= 15 is 0 Å². The fraction of sp³-hybridized carbons (Fsp3) is 0.286. The van der Waals surface area contributed by atoms with Crippen LogP contribution in [0.3, 0.4) is 0 Å². The number of hydrogen-bond acceptors (Lipinski definition) is 6. The first-order chi connectivity index (χ1) is 14.4. The molecular weight excluding hydrogens is 384 g/mol. The van der Waals surface area contributed by atoms with Crippen LogP contribution in [-0.4, -0.2) is 57.9 Å². The molecule has 0 radical (unpaired) electrons. The number of carbonyl (C=O) groups excluding carboxylic acids is 1. The number of fused-ring (bicyclic) bond motifs is 1. The van der Waals surface area contributed by atoms with Gasteiger partial charge in [-0.05, 0) is 13.0 Å². The summed E-state index contributed by atoms with van der Waals surface area (Å²) in [7, 11) is 0. The van der Waals surface area contributed by atoms with E-state index in [9.17, 15) is 14.9 Å². The molecule has 1 aromatic heterocycles. The van der Waals surface area contributed by atoms with Gasteiger partial charge >= 0.3 is 0 Å². The van der Waals surface area contributed by atoms with Crippen molar-refractivity contribution in [3.05, 3.63) is 58.6 Å². The molecule has 0 saturated carbocycles. The summed E-state index contributed by atoms with van der Waals surface area (Å²) < 4.78 is 0. The summed E-state index contributed by atoms with van der Waals surface area (Å²) >= 11 is 0. The van der Waals surface area contributed by atoms with E-state index in [4.69, 9.17) is 4.98 Å². The minimum atomic E-state index is -0.415. The number of carbonyl (C=O) groups is 1. The largest absolute Gasteiger partial charge is 0.348 e. The van der Waals surface area contributed by atoms with E-state index in [-0.39, 0.29) is 17.6 Å². The number of hydrogen-bond donors (Lipinski definition) is 1. The molecule has 4 rings (SSSR count). The molecule has 1 saturated heterocycles. The molecule has 1 atom stereocenters. The summed E-state index contributed by atoms with van der Waals surface area (Å²) in [5.74, 6) is 0.608. The summed E-state index contributed by atoms with van der Waals surface area (Å²) in [6.45, 7) is 4.20. The summed E-state index contributed by atoms with van der Waals surface area (Å²) in [4.78, 5) is 36.4. The van der Waals surface area contributed by atoms with Crippen LogP contribution in [0.1, 0.15) is 6.92 Å². The van der Waals surface area contributed by atoms with Crippen LogP contribution >= 0.6 is 0 Å². The highest BCUT2D eigenvalue weighted by atomic mass is 16.6. The average Bonchev–Trinajstić information content (AvgIpc) is 2.78. The van der Waals surface area contributed by atoms with Gasteiger partial charge in [0.15, 0.2) is 6.04 Å². The van der Waals surface area contributed by atoms with E-state index < -0.39 is 4.92 Å². The highest BCUT2D eigenvalue weighted by Gasteiger charge is 2.26.